The fourth-order valence-electron chi connectivity index (χ4n) is 1.21. The van der Waals surface area contributed by atoms with E-state index in [1.54, 1.807) is 11.3 Å². The van der Waals surface area contributed by atoms with Crippen LogP contribution >= 0.6 is 22.9 Å². The van der Waals surface area contributed by atoms with Gasteiger partial charge in [0, 0.05) is 16.5 Å². The van der Waals surface area contributed by atoms with E-state index >= 15 is 0 Å². The molecule has 0 N–H and O–H groups in total. The highest BCUT2D eigenvalue weighted by molar-refractivity contribution is 7.14. The minimum atomic E-state index is 0. The van der Waals surface area contributed by atoms with Gasteiger partial charge in [0.2, 0.25) is 0 Å². The molecule has 0 saturated carbocycles. The van der Waals surface area contributed by atoms with Crippen LogP contribution in [0.2, 0.25) is 5.02 Å². The molecule has 0 spiro atoms. The van der Waals surface area contributed by atoms with Crippen molar-refractivity contribution >= 4 is 22.9 Å². The summed E-state index contributed by atoms with van der Waals surface area (Å²) in [6.45, 7) is 4.23. The Morgan fingerprint density at radius 1 is 1.18 bits per heavy atom. The van der Waals surface area contributed by atoms with Gasteiger partial charge in [-0.2, -0.15) is 0 Å². The summed E-state index contributed by atoms with van der Waals surface area (Å²) in [4.78, 5) is 0. The van der Waals surface area contributed by atoms with Crippen LogP contribution in [0.25, 0.3) is 10.6 Å². The van der Waals surface area contributed by atoms with Gasteiger partial charge in [-0.25, -0.2) is 0 Å². The number of hydrogen-bond acceptors (Lipinski definition) is 3. The Bertz CT molecular complexity index is 466. The number of halogens is 1. The van der Waals surface area contributed by atoms with Gasteiger partial charge in [0.05, 0.1) is 0 Å². The fraction of sp³-hybridized carbons (Fsp3) is 0.385. The lowest BCUT2D eigenvalue weighted by molar-refractivity contribution is 0.825. The summed E-state index contributed by atoms with van der Waals surface area (Å²) < 4.78 is 0. The molecule has 0 fully saturated rings. The molecular formula is C13H19ClN2S. The standard InChI is InChI=1S/C11H11ClN2S.2CH4/c1-7(2)10-13-14-11(15-10)8-4-3-5-9(12)6-8;;/h3-7H,1-2H3;2*1H4. The van der Waals surface area contributed by atoms with Crippen LogP contribution < -0.4 is 0 Å². The maximum Gasteiger partial charge on any atom is 0.147 e. The molecule has 0 radical (unpaired) electrons. The van der Waals surface area contributed by atoms with Gasteiger partial charge in [0.1, 0.15) is 10.0 Å². The smallest absolute Gasteiger partial charge is 0.143 e. The van der Waals surface area contributed by atoms with Gasteiger partial charge < -0.3 is 0 Å². The molecule has 94 valence electrons. The maximum absolute atomic E-state index is 5.92. The van der Waals surface area contributed by atoms with Crippen molar-refractivity contribution < 1.29 is 0 Å². The van der Waals surface area contributed by atoms with Gasteiger partial charge in [0.15, 0.2) is 0 Å². The quantitative estimate of drug-likeness (QED) is 0.744. The van der Waals surface area contributed by atoms with E-state index in [9.17, 15) is 0 Å². The molecule has 1 aromatic carbocycles. The normalized spacial score (nSPS) is 9.65. The summed E-state index contributed by atoms with van der Waals surface area (Å²) >= 11 is 7.54. The average Bonchev–Trinajstić information content (AvgIpc) is 2.66. The number of nitrogens with zero attached hydrogens (tertiary/aromatic N) is 2. The zero-order valence-electron chi connectivity index (χ0n) is 8.57. The lowest BCUT2D eigenvalue weighted by atomic mass is 10.2. The summed E-state index contributed by atoms with van der Waals surface area (Å²) in [6, 6.07) is 7.69. The Hall–Kier alpha value is -0.930. The second-order valence-electron chi connectivity index (χ2n) is 3.61. The van der Waals surface area contributed by atoms with Crippen molar-refractivity contribution in [1.29, 1.82) is 0 Å². The monoisotopic (exact) mass is 270 g/mol. The van der Waals surface area contributed by atoms with Gasteiger partial charge in [-0.15, -0.1) is 10.2 Å². The zero-order chi connectivity index (χ0) is 10.8. The topological polar surface area (TPSA) is 25.8 Å². The van der Waals surface area contributed by atoms with Crippen molar-refractivity contribution in [1.82, 2.24) is 10.2 Å². The first kappa shape index (κ1) is 16.1. The third-order valence-electron chi connectivity index (χ3n) is 2.01. The zero-order valence-corrected chi connectivity index (χ0v) is 10.1. The Labute approximate surface area is 113 Å². The van der Waals surface area contributed by atoms with Crippen LogP contribution in [-0.4, -0.2) is 10.2 Å². The molecular weight excluding hydrogens is 252 g/mol. The van der Waals surface area contributed by atoms with Crippen molar-refractivity contribution in [3.63, 3.8) is 0 Å². The van der Waals surface area contributed by atoms with Crippen LogP contribution in [-0.2, 0) is 0 Å². The summed E-state index contributed by atoms with van der Waals surface area (Å²) in [7, 11) is 0. The molecule has 2 rings (SSSR count). The van der Waals surface area contributed by atoms with Crippen LogP contribution in [0.15, 0.2) is 24.3 Å². The van der Waals surface area contributed by atoms with Crippen LogP contribution in [0.1, 0.15) is 39.6 Å². The van der Waals surface area contributed by atoms with Crippen LogP contribution in [0.5, 0.6) is 0 Å². The molecule has 1 aromatic heterocycles. The molecule has 0 amide bonds. The Morgan fingerprint density at radius 3 is 2.41 bits per heavy atom. The number of hydrogen-bond donors (Lipinski definition) is 0. The average molecular weight is 271 g/mol. The van der Waals surface area contributed by atoms with Crippen molar-refractivity contribution in [2.24, 2.45) is 0 Å². The predicted molar refractivity (Wildman–Crippen MR) is 77.9 cm³/mol. The molecule has 2 nitrogen and oxygen atoms in total. The Balaban J connectivity index is 0.00000128. The Kier molecular flexibility index (Phi) is 6.35. The van der Waals surface area contributed by atoms with Gasteiger partial charge >= 0.3 is 0 Å². The van der Waals surface area contributed by atoms with E-state index in [0.717, 1.165) is 20.6 Å². The van der Waals surface area contributed by atoms with Crippen LogP contribution in [0, 0.1) is 0 Å². The largest absolute Gasteiger partial charge is 0.147 e. The van der Waals surface area contributed by atoms with E-state index in [2.05, 4.69) is 24.0 Å². The molecule has 0 bridgehead atoms. The number of rotatable bonds is 2. The predicted octanol–water partition coefficient (Wildman–Crippen LogP) is 5.25. The molecule has 0 aliphatic heterocycles. The lowest BCUT2D eigenvalue weighted by Gasteiger charge is -1.96. The maximum atomic E-state index is 5.92. The molecule has 2 aromatic rings. The van der Waals surface area contributed by atoms with Crippen molar-refractivity contribution in [2.45, 2.75) is 34.6 Å². The first-order valence-electron chi connectivity index (χ1n) is 4.76. The van der Waals surface area contributed by atoms with Gasteiger partial charge in [-0.1, -0.05) is 63.8 Å². The third-order valence-corrected chi connectivity index (χ3v) is 3.51. The molecule has 0 unspecified atom stereocenters. The van der Waals surface area contributed by atoms with E-state index in [1.165, 1.54) is 0 Å². The fourth-order valence-corrected chi connectivity index (χ4v) is 2.24. The summed E-state index contributed by atoms with van der Waals surface area (Å²) in [5, 5.41) is 11.0. The highest BCUT2D eigenvalue weighted by atomic mass is 35.5. The third kappa shape index (κ3) is 3.79. The Morgan fingerprint density at radius 2 is 1.88 bits per heavy atom. The summed E-state index contributed by atoms with van der Waals surface area (Å²) in [5.41, 5.74) is 1.03. The molecule has 0 saturated heterocycles. The second kappa shape index (κ2) is 6.72. The minimum absolute atomic E-state index is 0. The van der Waals surface area contributed by atoms with Crippen molar-refractivity contribution in [2.75, 3.05) is 0 Å². The second-order valence-corrected chi connectivity index (χ2v) is 5.06. The van der Waals surface area contributed by atoms with E-state index in [0.29, 0.717) is 5.92 Å². The van der Waals surface area contributed by atoms with Gasteiger partial charge in [-0.3, -0.25) is 0 Å². The lowest BCUT2D eigenvalue weighted by Crippen LogP contribution is -1.83. The molecule has 0 aliphatic carbocycles. The van der Waals surface area contributed by atoms with E-state index in [-0.39, 0.29) is 14.9 Å². The highest BCUT2D eigenvalue weighted by Crippen LogP contribution is 2.28. The van der Waals surface area contributed by atoms with E-state index < -0.39 is 0 Å². The molecule has 4 heteroatoms. The van der Waals surface area contributed by atoms with E-state index in [1.807, 2.05) is 24.3 Å². The number of aromatic nitrogens is 2. The van der Waals surface area contributed by atoms with E-state index in [4.69, 9.17) is 11.6 Å². The number of benzene rings is 1. The van der Waals surface area contributed by atoms with Gasteiger partial charge in [0.25, 0.3) is 0 Å². The molecule has 0 aliphatic rings. The first-order valence-corrected chi connectivity index (χ1v) is 5.95. The summed E-state index contributed by atoms with van der Waals surface area (Å²) in [5.74, 6) is 0.426. The summed E-state index contributed by atoms with van der Waals surface area (Å²) in [6.07, 6.45) is 0. The molecule has 17 heavy (non-hydrogen) atoms. The SMILES string of the molecule is C.C.CC(C)c1nnc(-c2cccc(Cl)c2)s1. The van der Waals surface area contributed by atoms with Crippen molar-refractivity contribution in [3.05, 3.63) is 34.3 Å². The van der Waals surface area contributed by atoms with Crippen molar-refractivity contribution in [3.8, 4) is 10.6 Å². The first-order chi connectivity index (χ1) is 7.16. The highest BCUT2D eigenvalue weighted by Gasteiger charge is 2.09. The molecule has 0 atom stereocenters. The minimum Gasteiger partial charge on any atom is -0.143 e. The molecule has 1 heterocycles. The van der Waals surface area contributed by atoms with Gasteiger partial charge in [-0.05, 0) is 12.1 Å². The van der Waals surface area contributed by atoms with Crippen LogP contribution in [0.3, 0.4) is 0 Å². The van der Waals surface area contributed by atoms with Crippen LogP contribution in [0.4, 0.5) is 0 Å².